The Bertz CT molecular complexity index is 627. The number of fused-ring (bicyclic) bond motifs is 1. The van der Waals surface area contributed by atoms with Gasteiger partial charge in [0, 0.05) is 12.0 Å². The Labute approximate surface area is 136 Å². The molecule has 2 heterocycles. The van der Waals surface area contributed by atoms with E-state index in [0.717, 1.165) is 29.0 Å². The summed E-state index contributed by atoms with van der Waals surface area (Å²) in [4.78, 5) is 0. The van der Waals surface area contributed by atoms with E-state index in [1.165, 1.54) is 11.3 Å². The molecule has 0 fully saturated rings. The average molecular weight is 350 g/mol. The third-order valence-electron chi connectivity index (χ3n) is 3.02. The summed E-state index contributed by atoms with van der Waals surface area (Å²) < 4.78 is 12.5. The number of rotatable bonds is 2. The van der Waals surface area contributed by atoms with Crippen molar-refractivity contribution in [2.45, 2.75) is 11.8 Å². The van der Waals surface area contributed by atoms with Crippen molar-refractivity contribution < 1.29 is 9.47 Å². The molecule has 0 saturated heterocycles. The van der Waals surface area contributed by atoms with Gasteiger partial charge in [0.15, 0.2) is 11.5 Å². The molecule has 106 valence electrons. The summed E-state index contributed by atoms with van der Waals surface area (Å²) in [5, 5.41) is -0.358. The van der Waals surface area contributed by atoms with Crippen molar-refractivity contribution in [2.75, 3.05) is 13.2 Å². The van der Waals surface area contributed by atoms with Gasteiger partial charge in [0.1, 0.15) is 0 Å². The molecular weight excluding hydrogens is 339 g/mol. The summed E-state index contributed by atoms with van der Waals surface area (Å²) in [5.74, 6) is 1.48. The van der Waals surface area contributed by atoms with Crippen LogP contribution in [-0.2, 0) is 0 Å². The second-order valence-electron chi connectivity index (χ2n) is 4.40. The first-order chi connectivity index (χ1) is 9.65. The fraction of sp³-hybridized carbons (Fsp3) is 0.286. The lowest BCUT2D eigenvalue weighted by atomic mass is 10.1. The van der Waals surface area contributed by atoms with E-state index >= 15 is 0 Å². The molecule has 2 aromatic rings. The molecular formula is C14H11Cl3O2S. The summed E-state index contributed by atoms with van der Waals surface area (Å²) in [7, 11) is 0. The minimum atomic E-state index is -0.358. The molecule has 0 radical (unpaired) electrons. The Morgan fingerprint density at radius 2 is 1.80 bits per heavy atom. The minimum absolute atomic E-state index is 0.358. The van der Waals surface area contributed by atoms with Crippen LogP contribution < -0.4 is 9.47 Å². The molecule has 0 N–H and O–H groups in total. The quantitative estimate of drug-likeness (QED) is 0.662. The van der Waals surface area contributed by atoms with Gasteiger partial charge in [0.25, 0.3) is 0 Å². The van der Waals surface area contributed by atoms with Crippen molar-refractivity contribution in [3.05, 3.63) is 44.1 Å². The van der Waals surface area contributed by atoms with Crippen LogP contribution in [-0.4, -0.2) is 13.2 Å². The van der Waals surface area contributed by atoms with E-state index in [1.54, 1.807) is 6.07 Å². The van der Waals surface area contributed by atoms with Gasteiger partial charge in [-0.25, -0.2) is 0 Å². The highest BCUT2D eigenvalue weighted by Gasteiger charge is 2.20. The molecule has 1 aromatic heterocycles. The largest absolute Gasteiger partial charge is 0.490 e. The van der Waals surface area contributed by atoms with E-state index in [2.05, 4.69) is 0 Å². The molecule has 6 heteroatoms. The molecule has 1 aliphatic heterocycles. The zero-order chi connectivity index (χ0) is 14.1. The van der Waals surface area contributed by atoms with Crippen LogP contribution in [0.3, 0.4) is 0 Å². The Morgan fingerprint density at radius 3 is 2.50 bits per heavy atom. The Balaban J connectivity index is 1.94. The lowest BCUT2D eigenvalue weighted by Gasteiger charge is -2.13. The predicted molar refractivity (Wildman–Crippen MR) is 84.1 cm³/mol. The van der Waals surface area contributed by atoms with Crippen LogP contribution in [0.15, 0.2) is 24.3 Å². The lowest BCUT2D eigenvalue weighted by molar-refractivity contribution is 0.297. The minimum Gasteiger partial charge on any atom is -0.490 e. The fourth-order valence-electron chi connectivity index (χ4n) is 2.04. The fourth-order valence-corrected chi connectivity index (χ4v) is 4.00. The van der Waals surface area contributed by atoms with Gasteiger partial charge >= 0.3 is 0 Å². The highest BCUT2D eigenvalue weighted by atomic mass is 35.5. The number of hydrogen-bond acceptors (Lipinski definition) is 3. The van der Waals surface area contributed by atoms with Crippen molar-refractivity contribution >= 4 is 46.1 Å². The number of hydrogen-bond donors (Lipinski definition) is 0. The number of alkyl halides is 1. The van der Waals surface area contributed by atoms with Crippen molar-refractivity contribution in [3.63, 3.8) is 0 Å². The highest BCUT2D eigenvalue weighted by molar-refractivity contribution is 7.20. The first-order valence-corrected chi connectivity index (χ1v) is 8.14. The number of halogens is 3. The van der Waals surface area contributed by atoms with Gasteiger partial charge in [-0.05, 0) is 23.8 Å². The van der Waals surface area contributed by atoms with Gasteiger partial charge in [-0.3, -0.25) is 0 Å². The van der Waals surface area contributed by atoms with Gasteiger partial charge < -0.3 is 9.47 Å². The summed E-state index contributed by atoms with van der Waals surface area (Å²) in [6, 6.07) is 7.51. The number of benzene rings is 1. The van der Waals surface area contributed by atoms with Crippen LogP contribution >= 0.6 is 46.1 Å². The Hall–Kier alpha value is -0.610. The molecule has 1 unspecified atom stereocenters. The third kappa shape index (κ3) is 2.86. The van der Waals surface area contributed by atoms with E-state index in [-0.39, 0.29) is 5.38 Å². The predicted octanol–water partition coefficient (Wildman–Crippen LogP) is 5.54. The molecule has 1 aromatic carbocycles. The van der Waals surface area contributed by atoms with Gasteiger partial charge in [-0.2, -0.15) is 0 Å². The number of thiophene rings is 1. The molecule has 0 bridgehead atoms. The van der Waals surface area contributed by atoms with Crippen molar-refractivity contribution in [2.24, 2.45) is 0 Å². The molecule has 0 saturated carbocycles. The molecule has 2 nitrogen and oxygen atoms in total. The first kappa shape index (κ1) is 14.3. The SMILES string of the molecule is Clc1cc(C(Cl)c2ccc3c(c2)OCCCO3)c(Cl)s1. The van der Waals surface area contributed by atoms with E-state index in [1.807, 2.05) is 18.2 Å². The molecule has 0 amide bonds. The summed E-state index contributed by atoms with van der Waals surface area (Å²) in [6.07, 6.45) is 0.875. The maximum absolute atomic E-state index is 6.50. The average Bonchev–Trinajstić information content (AvgIpc) is 2.65. The molecule has 1 atom stereocenters. The maximum atomic E-state index is 6.50. The lowest BCUT2D eigenvalue weighted by Crippen LogP contribution is -1.97. The summed E-state index contributed by atoms with van der Waals surface area (Å²) in [5.41, 5.74) is 1.73. The van der Waals surface area contributed by atoms with Crippen LogP contribution in [0.1, 0.15) is 22.9 Å². The van der Waals surface area contributed by atoms with Crippen LogP contribution in [0, 0.1) is 0 Å². The van der Waals surface area contributed by atoms with Gasteiger partial charge in [0.05, 0.1) is 27.3 Å². The van der Waals surface area contributed by atoms with E-state index in [4.69, 9.17) is 44.3 Å². The topological polar surface area (TPSA) is 18.5 Å². The summed E-state index contributed by atoms with van der Waals surface area (Å²) >= 11 is 19.9. The van der Waals surface area contributed by atoms with Gasteiger partial charge in [-0.15, -0.1) is 22.9 Å². The molecule has 1 aliphatic rings. The molecule has 20 heavy (non-hydrogen) atoms. The van der Waals surface area contributed by atoms with E-state index in [0.29, 0.717) is 21.9 Å². The van der Waals surface area contributed by atoms with Crippen LogP contribution in [0.5, 0.6) is 11.5 Å². The maximum Gasteiger partial charge on any atom is 0.161 e. The standard InChI is InChI=1S/C14H11Cl3O2S/c15-12-7-9(14(17)20-12)13(16)8-2-3-10-11(6-8)19-5-1-4-18-10/h2-3,6-7,13H,1,4-5H2. The zero-order valence-corrected chi connectivity index (χ0v) is 13.5. The van der Waals surface area contributed by atoms with Crippen molar-refractivity contribution in [1.82, 2.24) is 0 Å². The second-order valence-corrected chi connectivity index (χ2v) is 7.12. The second kappa shape index (κ2) is 6.02. The molecule has 0 spiro atoms. The molecule has 3 rings (SSSR count). The van der Waals surface area contributed by atoms with Crippen LogP contribution in [0.2, 0.25) is 8.67 Å². The third-order valence-corrected chi connectivity index (χ3v) is 5.03. The smallest absolute Gasteiger partial charge is 0.161 e. The van der Waals surface area contributed by atoms with Crippen LogP contribution in [0.4, 0.5) is 0 Å². The van der Waals surface area contributed by atoms with Crippen molar-refractivity contribution in [1.29, 1.82) is 0 Å². The van der Waals surface area contributed by atoms with E-state index in [9.17, 15) is 0 Å². The van der Waals surface area contributed by atoms with Gasteiger partial charge in [0.2, 0.25) is 0 Å². The Kier molecular flexibility index (Phi) is 4.32. The van der Waals surface area contributed by atoms with E-state index < -0.39 is 0 Å². The summed E-state index contributed by atoms with van der Waals surface area (Å²) in [6.45, 7) is 1.32. The molecule has 0 aliphatic carbocycles. The Morgan fingerprint density at radius 1 is 1.05 bits per heavy atom. The highest BCUT2D eigenvalue weighted by Crippen LogP contribution is 2.42. The van der Waals surface area contributed by atoms with Crippen LogP contribution in [0.25, 0.3) is 0 Å². The normalized spacial score (nSPS) is 15.8. The number of ether oxygens (including phenoxy) is 2. The first-order valence-electron chi connectivity index (χ1n) is 6.13. The van der Waals surface area contributed by atoms with Crippen molar-refractivity contribution in [3.8, 4) is 11.5 Å². The van der Waals surface area contributed by atoms with Gasteiger partial charge in [-0.1, -0.05) is 29.3 Å². The monoisotopic (exact) mass is 348 g/mol. The zero-order valence-electron chi connectivity index (χ0n) is 10.4.